The van der Waals surface area contributed by atoms with Gasteiger partial charge in [-0.1, -0.05) is 12.8 Å². The maximum atomic E-state index is 13.2. The number of halogens is 3. The highest BCUT2D eigenvalue weighted by Crippen LogP contribution is 2.40. The zero-order valence-corrected chi connectivity index (χ0v) is 17.1. The van der Waals surface area contributed by atoms with Crippen molar-refractivity contribution in [2.75, 3.05) is 24.5 Å². The Bertz CT molecular complexity index is 758. The molecule has 0 radical (unpaired) electrons. The van der Waals surface area contributed by atoms with Gasteiger partial charge in [0.15, 0.2) is 0 Å². The molecule has 2 heterocycles. The van der Waals surface area contributed by atoms with Crippen LogP contribution in [-0.4, -0.2) is 48.6 Å². The Morgan fingerprint density at radius 2 is 1.90 bits per heavy atom. The third kappa shape index (κ3) is 4.11. The van der Waals surface area contributed by atoms with Crippen molar-refractivity contribution in [2.24, 2.45) is 5.92 Å². The average molecular weight is 409 g/mol. The van der Waals surface area contributed by atoms with E-state index in [9.17, 15) is 18.0 Å². The van der Waals surface area contributed by atoms with E-state index in [0.29, 0.717) is 18.0 Å². The number of nitrogens with zero attached hydrogens (tertiary/aromatic N) is 2. The fraction of sp³-hybridized carbons (Fsp3) is 0.682. The van der Waals surface area contributed by atoms with Crippen molar-refractivity contribution in [1.82, 2.24) is 10.2 Å². The standard InChI is InChI=1S/C22H30F3N3O/c1-14(2)26-21(29)18-12-15-11-16(22(23,24)25)7-8-19(15)28-10-9-27(13-20(18)28)17-5-3-4-6-17/h7-8,11,14,17-18,20H,3-6,9-10,12-13H2,1-2H3,(H,26,29)/t18-,20+/m1/s1. The smallest absolute Gasteiger partial charge is 0.365 e. The molecule has 2 aliphatic heterocycles. The summed E-state index contributed by atoms with van der Waals surface area (Å²) >= 11 is 0. The van der Waals surface area contributed by atoms with Crippen molar-refractivity contribution in [1.29, 1.82) is 0 Å². The van der Waals surface area contributed by atoms with Crippen LogP contribution >= 0.6 is 0 Å². The summed E-state index contributed by atoms with van der Waals surface area (Å²) in [5.41, 5.74) is 0.860. The van der Waals surface area contributed by atoms with Crippen LogP contribution in [-0.2, 0) is 17.4 Å². The number of carbonyl (C=O) groups is 1. The number of alkyl halides is 3. The molecular formula is C22H30F3N3O. The molecule has 0 unspecified atom stereocenters. The number of benzene rings is 1. The fourth-order valence-electron chi connectivity index (χ4n) is 5.31. The first-order chi connectivity index (χ1) is 13.7. The minimum atomic E-state index is -4.37. The molecule has 2 fully saturated rings. The first kappa shape index (κ1) is 20.5. The van der Waals surface area contributed by atoms with E-state index in [1.54, 1.807) is 6.07 Å². The van der Waals surface area contributed by atoms with E-state index in [1.807, 2.05) is 13.8 Å². The second-order valence-corrected chi connectivity index (χ2v) is 9.01. The molecule has 1 aliphatic carbocycles. The van der Waals surface area contributed by atoms with Gasteiger partial charge < -0.3 is 10.2 Å². The highest BCUT2D eigenvalue weighted by atomic mass is 19.4. The van der Waals surface area contributed by atoms with E-state index in [4.69, 9.17) is 0 Å². The van der Waals surface area contributed by atoms with Gasteiger partial charge in [-0.25, -0.2) is 0 Å². The Hall–Kier alpha value is -1.76. The van der Waals surface area contributed by atoms with Gasteiger partial charge in [0, 0.05) is 37.4 Å². The first-order valence-corrected chi connectivity index (χ1v) is 10.7. The second kappa shape index (κ2) is 7.82. The summed E-state index contributed by atoms with van der Waals surface area (Å²) in [6, 6.07) is 4.62. The third-order valence-electron chi connectivity index (χ3n) is 6.68. The topological polar surface area (TPSA) is 35.6 Å². The van der Waals surface area contributed by atoms with Gasteiger partial charge in [0.1, 0.15) is 0 Å². The average Bonchev–Trinajstić information content (AvgIpc) is 3.20. The number of nitrogens with one attached hydrogen (secondary N) is 1. The normalized spacial score (nSPS) is 25.8. The molecule has 1 saturated heterocycles. The molecule has 1 aromatic carbocycles. The lowest BCUT2D eigenvalue weighted by molar-refractivity contribution is -0.137. The number of anilines is 1. The van der Waals surface area contributed by atoms with Crippen molar-refractivity contribution in [2.45, 2.75) is 70.3 Å². The van der Waals surface area contributed by atoms with Gasteiger partial charge in [0.2, 0.25) is 5.91 Å². The number of rotatable bonds is 3. The van der Waals surface area contributed by atoms with Gasteiger partial charge in [0.25, 0.3) is 0 Å². The number of hydrogen-bond donors (Lipinski definition) is 1. The molecule has 1 saturated carbocycles. The molecule has 0 bridgehead atoms. The molecule has 0 aromatic heterocycles. The van der Waals surface area contributed by atoms with Crippen molar-refractivity contribution < 1.29 is 18.0 Å². The van der Waals surface area contributed by atoms with Gasteiger partial charge >= 0.3 is 6.18 Å². The van der Waals surface area contributed by atoms with Crippen LogP contribution in [0.1, 0.15) is 50.7 Å². The molecule has 7 heteroatoms. The minimum Gasteiger partial charge on any atom is -0.365 e. The van der Waals surface area contributed by atoms with Gasteiger partial charge in [-0.2, -0.15) is 13.2 Å². The Kier molecular flexibility index (Phi) is 5.53. The Morgan fingerprint density at radius 1 is 1.17 bits per heavy atom. The van der Waals surface area contributed by atoms with E-state index >= 15 is 0 Å². The van der Waals surface area contributed by atoms with Crippen LogP contribution in [0.3, 0.4) is 0 Å². The number of amides is 1. The number of piperazine rings is 1. The molecule has 1 N–H and O–H groups in total. The minimum absolute atomic E-state index is 0.00679. The van der Waals surface area contributed by atoms with Crippen LogP contribution < -0.4 is 10.2 Å². The van der Waals surface area contributed by atoms with E-state index in [0.717, 1.165) is 25.3 Å². The van der Waals surface area contributed by atoms with Gasteiger partial charge in [-0.15, -0.1) is 0 Å². The van der Waals surface area contributed by atoms with Gasteiger partial charge in [-0.3, -0.25) is 9.69 Å². The molecule has 160 valence electrons. The van der Waals surface area contributed by atoms with E-state index in [1.165, 1.54) is 37.8 Å². The highest BCUT2D eigenvalue weighted by Gasteiger charge is 2.44. The lowest BCUT2D eigenvalue weighted by Gasteiger charge is -2.50. The van der Waals surface area contributed by atoms with Crippen LogP contribution in [0.4, 0.5) is 18.9 Å². The molecule has 2 atom stereocenters. The fourth-order valence-corrected chi connectivity index (χ4v) is 5.31. The summed E-state index contributed by atoms with van der Waals surface area (Å²) < 4.78 is 39.7. The zero-order valence-electron chi connectivity index (χ0n) is 17.1. The van der Waals surface area contributed by atoms with Gasteiger partial charge in [-0.05, 0) is 56.9 Å². The Morgan fingerprint density at radius 3 is 2.55 bits per heavy atom. The maximum absolute atomic E-state index is 13.2. The summed E-state index contributed by atoms with van der Waals surface area (Å²) in [6.45, 7) is 6.30. The Labute approximate surface area is 170 Å². The maximum Gasteiger partial charge on any atom is 0.416 e. The monoisotopic (exact) mass is 409 g/mol. The quantitative estimate of drug-likeness (QED) is 0.824. The second-order valence-electron chi connectivity index (χ2n) is 9.01. The van der Waals surface area contributed by atoms with Crippen LogP contribution in [0.15, 0.2) is 18.2 Å². The zero-order chi connectivity index (χ0) is 20.8. The molecule has 1 amide bonds. The predicted molar refractivity (Wildman–Crippen MR) is 107 cm³/mol. The van der Waals surface area contributed by atoms with Crippen LogP contribution in [0.5, 0.6) is 0 Å². The Balaban J connectivity index is 1.65. The number of carbonyl (C=O) groups excluding carboxylic acids is 1. The molecule has 0 spiro atoms. The van der Waals surface area contributed by atoms with Crippen molar-refractivity contribution in [3.63, 3.8) is 0 Å². The predicted octanol–water partition coefficient (Wildman–Crippen LogP) is 3.84. The first-order valence-electron chi connectivity index (χ1n) is 10.7. The van der Waals surface area contributed by atoms with Crippen molar-refractivity contribution in [3.8, 4) is 0 Å². The number of hydrogen-bond acceptors (Lipinski definition) is 3. The molecule has 4 rings (SSSR count). The van der Waals surface area contributed by atoms with Crippen molar-refractivity contribution in [3.05, 3.63) is 29.3 Å². The van der Waals surface area contributed by atoms with Crippen LogP contribution in [0, 0.1) is 5.92 Å². The van der Waals surface area contributed by atoms with E-state index in [-0.39, 0.29) is 23.9 Å². The lowest BCUT2D eigenvalue weighted by atomic mass is 9.82. The third-order valence-corrected chi connectivity index (χ3v) is 6.68. The highest BCUT2D eigenvalue weighted by molar-refractivity contribution is 5.82. The van der Waals surface area contributed by atoms with E-state index < -0.39 is 11.7 Å². The molecule has 29 heavy (non-hydrogen) atoms. The SMILES string of the molecule is CC(C)NC(=O)[C@@H]1Cc2cc(C(F)(F)F)ccc2N2CCN(C3CCCC3)C[C@@H]12. The summed E-state index contributed by atoms with van der Waals surface area (Å²) in [5.74, 6) is -0.385. The molecule has 3 aliphatic rings. The largest absolute Gasteiger partial charge is 0.416 e. The summed E-state index contributed by atoms with van der Waals surface area (Å²) in [5, 5.41) is 3.00. The molecule has 4 nitrogen and oxygen atoms in total. The van der Waals surface area contributed by atoms with Crippen molar-refractivity contribution >= 4 is 11.6 Å². The van der Waals surface area contributed by atoms with Crippen LogP contribution in [0.2, 0.25) is 0 Å². The summed E-state index contributed by atoms with van der Waals surface area (Å²) in [7, 11) is 0. The lowest BCUT2D eigenvalue weighted by Crippen LogP contribution is -2.62. The number of fused-ring (bicyclic) bond motifs is 3. The van der Waals surface area contributed by atoms with E-state index in [2.05, 4.69) is 15.1 Å². The summed E-state index contributed by atoms with van der Waals surface area (Å²) in [4.78, 5) is 17.7. The summed E-state index contributed by atoms with van der Waals surface area (Å²) in [6.07, 6.45) is 0.925. The van der Waals surface area contributed by atoms with Crippen LogP contribution in [0.25, 0.3) is 0 Å². The molecule has 1 aromatic rings. The molecular weight excluding hydrogens is 379 g/mol. The van der Waals surface area contributed by atoms with Gasteiger partial charge in [0.05, 0.1) is 17.5 Å².